The highest BCUT2D eigenvalue weighted by Crippen LogP contribution is 2.19. The summed E-state index contributed by atoms with van der Waals surface area (Å²) in [5.74, 6) is -2.64. The number of benzene rings is 1. The number of carbonyl (C=O) groups excluding carboxylic acids is 3. The number of carboxylic acids is 1. The van der Waals surface area contributed by atoms with Gasteiger partial charge in [0.15, 0.2) is 0 Å². The molecule has 9 N–H and O–H groups in total. The number of aromatic nitrogens is 1. The highest BCUT2D eigenvalue weighted by atomic mass is 16.4. The quantitative estimate of drug-likeness (QED) is 0.170. The third kappa shape index (κ3) is 9.18. The van der Waals surface area contributed by atoms with Crippen LogP contribution in [0.25, 0.3) is 10.9 Å². The number of nitrogens with one attached hydrogen (secondary N) is 4. The van der Waals surface area contributed by atoms with E-state index >= 15 is 0 Å². The van der Waals surface area contributed by atoms with Gasteiger partial charge in [0.25, 0.3) is 0 Å². The first kappa shape index (κ1) is 29.8. The molecule has 0 radical (unpaired) electrons. The van der Waals surface area contributed by atoms with Gasteiger partial charge in [-0.05, 0) is 56.7 Å². The molecule has 0 saturated carbocycles. The molecule has 1 aromatic heterocycles. The summed E-state index contributed by atoms with van der Waals surface area (Å²) in [4.78, 5) is 53.5. The number of nitrogens with two attached hydrogens (primary N) is 2. The molecule has 4 unspecified atom stereocenters. The van der Waals surface area contributed by atoms with E-state index in [0.29, 0.717) is 32.2 Å². The summed E-state index contributed by atoms with van der Waals surface area (Å²) < 4.78 is 0. The van der Waals surface area contributed by atoms with Crippen molar-refractivity contribution in [3.8, 4) is 0 Å². The summed E-state index contributed by atoms with van der Waals surface area (Å²) >= 11 is 0. The van der Waals surface area contributed by atoms with E-state index in [-0.39, 0.29) is 12.3 Å². The van der Waals surface area contributed by atoms with Crippen molar-refractivity contribution in [2.75, 3.05) is 6.54 Å². The van der Waals surface area contributed by atoms with Crippen molar-refractivity contribution >= 4 is 34.6 Å². The molecule has 11 nitrogen and oxygen atoms in total. The zero-order chi connectivity index (χ0) is 27.5. The Balaban J connectivity index is 2.25. The Kier molecular flexibility index (Phi) is 11.5. The van der Waals surface area contributed by atoms with Crippen LogP contribution in [-0.4, -0.2) is 64.5 Å². The van der Waals surface area contributed by atoms with Gasteiger partial charge in [0, 0.05) is 23.5 Å². The number of aliphatic carboxylic acids is 1. The molecule has 0 bridgehead atoms. The Bertz CT molecular complexity index is 1070. The fourth-order valence-electron chi connectivity index (χ4n) is 4.03. The Morgan fingerprint density at radius 2 is 1.59 bits per heavy atom. The van der Waals surface area contributed by atoms with Gasteiger partial charge in [-0.25, -0.2) is 0 Å². The number of H-pyrrole nitrogens is 1. The zero-order valence-electron chi connectivity index (χ0n) is 21.8. The number of hydrogen-bond donors (Lipinski definition) is 7. The fraction of sp³-hybridized carbons (Fsp3) is 0.538. The minimum atomic E-state index is -1.20. The molecule has 0 aliphatic rings. The summed E-state index contributed by atoms with van der Waals surface area (Å²) in [5, 5.41) is 18.0. The lowest BCUT2D eigenvalue weighted by Crippen LogP contribution is -2.57. The number of para-hydroxylation sites is 1. The van der Waals surface area contributed by atoms with Gasteiger partial charge in [-0.15, -0.1) is 0 Å². The molecule has 0 spiro atoms. The van der Waals surface area contributed by atoms with Crippen LogP contribution in [0.15, 0.2) is 30.5 Å². The number of carboxylic acid groups (broad SMARTS) is 1. The molecule has 2 rings (SSSR count). The van der Waals surface area contributed by atoms with Crippen LogP contribution in [0, 0.1) is 5.92 Å². The fourth-order valence-corrected chi connectivity index (χ4v) is 4.03. The Labute approximate surface area is 217 Å². The van der Waals surface area contributed by atoms with E-state index < -0.39 is 47.9 Å². The van der Waals surface area contributed by atoms with Crippen LogP contribution >= 0.6 is 0 Å². The minimum Gasteiger partial charge on any atom is -0.480 e. The molecular formula is C26H40N6O5. The van der Waals surface area contributed by atoms with Crippen molar-refractivity contribution in [2.24, 2.45) is 17.4 Å². The minimum absolute atomic E-state index is 0.115. The molecule has 11 heteroatoms. The largest absolute Gasteiger partial charge is 0.480 e. The summed E-state index contributed by atoms with van der Waals surface area (Å²) in [5.41, 5.74) is 13.3. The number of amides is 3. The maximum Gasteiger partial charge on any atom is 0.325 e. The molecule has 204 valence electrons. The highest BCUT2D eigenvalue weighted by Gasteiger charge is 2.30. The molecule has 1 aromatic carbocycles. The second kappa shape index (κ2) is 14.3. The number of carbonyl (C=O) groups is 4. The first-order valence-electron chi connectivity index (χ1n) is 12.7. The molecule has 37 heavy (non-hydrogen) atoms. The van der Waals surface area contributed by atoms with E-state index in [1.165, 1.54) is 6.92 Å². The smallest absolute Gasteiger partial charge is 0.325 e. The first-order valence-corrected chi connectivity index (χ1v) is 12.7. The topological polar surface area (TPSA) is 192 Å². The van der Waals surface area contributed by atoms with Gasteiger partial charge in [0.2, 0.25) is 17.7 Å². The van der Waals surface area contributed by atoms with Gasteiger partial charge >= 0.3 is 5.97 Å². The lowest BCUT2D eigenvalue weighted by atomic mass is 10.0. The summed E-state index contributed by atoms with van der Waals surface area (Å²) in [6.45, 7) is 5.68. The number of fused-ring (bicyclic) bond motifs is 1. The number of aromatic amines is 1. The second-order valence-corrected chi connectivity index (χ2v) is 9.77. The summed E-state index contributed by atoms with van der Waals surface area (Å²) in [6.07, 6.45) is 3.89. The van der Waals surface area contributed by atoms with Crippen LogP contribution < -0.4 is 27.4 Å². The normalized spacial score (nSPS) is 14.5. The van der Waals surface area contributed by atoms with E-state index in [9.17, 15) is 24.3 Å². The Hall–Kier alpha value is -3.44. The van der Waals surface area contributed by atoms with Crippen LogP contribution in [0.5, 0.6) is 0 Å². The molecule has 0 aliphatic heterocycles. The SMILES string of the molecule is CC(C)CC(N)C(=O)NC(CCCCN)C(=O)NC(Cc1c[nH]c2ccccc12)C(=O)NC(C)C(=O)O. The van der Waals surface area contributed by atoms with E-state index in [1.54, 1.807) is 6.20 Å². The predicted molar refractivity (Wildman–Crippen MR) is 141 cm³/mol. The predicted octanol–water partition coefficient (Wildman–Crippen LogP) is 0.772. The average Bonchev–Trinajstić information content (AvgIpc) is 3.25. The van der Waals surface area contributed by atoms with Crippen LogP contribution in [-0.2, 0) is 25.6 Å². The van der Waals surface area contributed by atoms with Crippen molar-refractivity contribution in [1.82, 2.24) is 20.9 Å². The van der Waals surface area contributed by atoms with E-state index in [0.717, 1.165) is 16.5 Å². The molecule has 1 heterocycles. The summed E-state index contributed by atoms with van der Waals surface area (Å²) in [7, 11) is 0. The van der Waals surface area contributed by atoms with Gasteiger partial charge in [-0.2, -0.15) is 0 Å². The number of hydrogen-bond acceptors (Lipinski definition) is 6. The Morgan fingerprint density at radius 1 is 0.946 bits per heavy atom. The van der Waals surface area contributed by atoms with Crippen molar-refractivity contribution in [1.29, 1.82) is 0 Å². The van der Waals surface area contributed by atoms with Crippen molar-refractivity contribution in [3.63, 3.8) is 0 Å². The number of rotatable bonds is 15. The van der Waals surface area contributed by atoms with E-state index in [1.807, 2.05) is 38.1 Å². The van der Waals surface area contributed by atoms with Crippen LogP contribution in [0.1, 0.15) is 52.0 Å². The molecule has 4 atom stereocenters. The maximum atomic E-state index is 13.3. The highest BCUT2D eigenvalue weighted by molar-refractivity contribution is 5.94. The molecule has 0 saturated heterocycles. The monoisotopic (exact) mass is 516 g/mol. The van der Waals surface area contributed by atoms with Gasteiger partial charge in [-0.1, -0.05) is 32.0 Å². The third-order valence-electron chi connectivity index (χ3n) is 6.10. The van der Waals surface area contributed by atoms with Gasteiger partial charge in [-0.3, -0.25) is 19.2 Å². The standard InChI is InChI=1S/C26H40N6O5/c1-15(2)12-19(28)23(33)31-21(10-6-7-11-27)24(34)32-22(25(35)30-16(3)26(36)37)13-17-14-29-20-9-5-4-8-18(17)20/h4-5,8-9,14-16,19,21-22,29H,6-7,10-13,27-28H2,1-3H3,(H,30,35)(H,31,33)(H,32,34)(H,36,37). The van der Waals surface area contributed by atoms with Crippen molar-refractivity contribution < 1.29 is 24.3 Å². The summed E-state index contributed by atoms with van der Waals surface area (Å²) in [6, 6.07) is 3.60. The van der Waals surface area contributed by atoms with Crippen LogP contribution in [0.4, 0.5) is 0 Å². The van der Waals surface area contributed by atoms with Gasteiger partial charge in [0.1, 0.15) is 18.1 Å². The van der Waals surface area contributed by atoms with Gasteiger partial charge < -0.3 is 37.5 Å². The first-order chi connectivity index (χ1) is 17.5. The second-order valence-electron chi connectivity index (χ2n) is 9.77. The van der Waals surface area contributed by atoms with E-state index in [4.69, 9.17) is 11.5 Å². The zero-order valence-corrected chi connectivity index (χ0v) is 21.8. The van der Waals surface area contributed by atoms with Crippen molar-refractivity contribution in [2.45, 2.75) is 77.0 Å². The lowest BCUT2D eigenvalue weighted by Gasteiger charge is -2.25. The van der Waals surface area contributed by atoms with Gasteiger partial charge in [0.05, 0.1) is 6.04 Å². The molecular weight excluding hydrogens is 476 g/mol. The molecule has 3 amide bonds. The molecule has 2 aromatic rings. The molecule has 0 fully saturated rings. The lowest BCUT2D eigenvalue weighted by molar-refractivity contribution is -0.141. The van der Waals surface area contributed by atoms with Crippen molar-refractivity contribution in [3.05, 3.63) is 36.0 Å². The van der Waals surface area contributed by atoms with E-state index in [2.05, 4.69) is 20.9 Å². The average molecular weight is 517 g/mol. The Morgan fingerprint density at radius 3 is 2.24 bits per heavy atom. The number of unbranched alkanes of at least 4 members (excludes halogenated alkanes) is 1. The van der Waals surface area contributed by atoms with Crippen LogP contribution in [0.3, 0.4) is 0 Å². The third-order valence-corrected chi connectivity index (χ3v) is 6.10. The molecule has 0 aliphatic carbocycles. The maximum absolute atomic E-state index is 13.3. The van der Waals surface area contributed by atoms with Crippen LogP contribution in [0.2, 0.25) is 0 Å².